The molecule has 1 aliphatic heterocycles. The zero-order valence-corrected chi connectivity index (χ0v) is 20.4. The normalized spacial score (nSPS) is 21.5. The molecule has 0 bridgehead atoms. The molecule has 5 nitrogen and oxygen atoms in total. The van der Waals surface area contributed by atoms with Gasteiger partial charge in [-0.05, 0) is 42.7 Å². The number of hydrogen-bond donors (Lipinski definition) is 2. The molecule has 0 radical (unpaired) electrons. The Bertz CT molecular complexity index is 1010. The van der Waals surface area contributed by atoms with Crippen LogP contribution in [0.3, 0.4) is 0 Å². The molecule has 3 aliphatic rings. The maximum absolute atomic E-state index is 12.9. The van der Waals surface area contributed by atoms with Gasteiger partial charge in [0.15, 0.2) is 5.78 Å². The minimum atomic E-state index is -0.371. The SMILES string of the molecule is CC(C)c1ccc([C@H]2C(C#N)=C(SCC(=O)NC3CCCCC3)NC3=C2C(=O)CCC3)cc1. The van der Waals surface area contributed by atoms with E-state index in [4.69, 9.17) is 0 Å². The Morgan fingerprint density at radius 1 is 1.15 bits per heavy atom. The van der Waals surface area contributed by atoms with Crippen molar-refractivity contribution in [3.8, 4) is 6.07 Å². The fraction of sp³-hybridized carbons (Fsp3) is 0.519. The molecular formula is C27H33N3O2S. The number of dihydropyridines is 1. The van der Waals surface area contributed by atoms with Crippen molar-refractivity contribution in [1.29, 1.82) is 5.26 Å². The van der Waals surface area contributed by atoms with Gasteiger partial charge in [0.1, 0.15) is 0 Å². The van der Waals surface area contributed by atoms with Crippen molar-refractivity contribution < 1.29 is 9.59 Å². The monoisotopic (exact) mass is 463 g/mol. The number of benzene rings is 1. The van der Waals surface area contributed by atoms with Crippen LogP contribution in [-0.4, -0.2) is 23.5 Å². The summed E-state index contributed by atoms with van der Waals surface area (Å²) in [5.41, 5.74) is 4.37. The molecule has 2 aliphatic carbocycles. The summed E-state index contributed by atoms with van der Waals surface area (Å²) in [6, 6.07) is 10.9. The van der Waals surface area contributed by atoms with Gasteiger partial charge in [0.2, 0.25) is 5.91 Å². The van der Waals surface area contributed by atoms with E-state index in [1.54, 1.807) is 0 Å². The van der Waals surface area contributed by atoms with Crippen LogP contribution in [0.2, 0.25) is 0 Å². The number of amides is 1. The number of hydrogen-bond acceptors (Lipinski definition) is 5. The van der Waals surface area contributed by atoms with Gasteiger partial charge in [-0.2, -0.15) is 5.26 Å². The highest BCUT2D eigenvalue weighted by Gasteiger charge is 2.37. The van der Waals surface area contributed by atoms with Crippen molar-refractivity contribution in [3.05, 3.63) is 57.3 Å². The summed E-state index contributed by atoms with van der Waals surface area (Å²) in [6.45, 7) is 4.30. The van der Waals surface area contributed by atoms with E-state index in [2.05, 4.69) is 42.7 Å². The van der Waals surface area contributed by atoms with E-state index in [1.165, 1.54) is 36.6 Å². The van der Waals surface area contributed by atoms with Crippen LogP contribution in [0, 0.1) is 11.3 Å². The summed E-state index contributed by atoms with van der Waals surface area (Å²) in [5, 5.41) is 17.4. The fourth-order valence-corrected chi connectivity index (χ4v) is 5.97. The lowest BCUT2D eigenvalue weighted by atomic mass is 9.76. The summed E-state index contributed by atoms with van der Waals surface area (Å²) in [6.07, 6.45) is 7.81. The molecule has 174 valence electrons. The van der Waals surface area contributed by atoms with E-state index in [0.29, 0.717) is 22.9 Å². The van der Waals surface area contributed by atoms with Gasteiger partial charge in [-0.15, -0.1) is 0 Å². The van der Waals surface area contributed by atoms with Gasteiger partial charge < -0.3 is 10.6 Å². The molecule has 1 atom stereocenters. The van der Waals surface area contributed by atoms with Crippen LogP contribution >= 0.6 is 11.8 Å². The molecule has 1 fully saturated rings. The Balaban J connectivity index is 1.59. The van der Waals surface area contributed by atoms with E-state index in [0.717, 1.165) is 42.5 Å². The molecule has 1 aromatic carbocycles. The molecule has 0 unspecified atom stereocenters. The molecule has 4 rings (SSSR count). The summed E-state index contributed by atoms with van der Waals surface area (Å²) in [4.78, 5) is 25.5. The van der Waals surface area contributed by atoms with Gasteiger partial charge in [-0.25, -0.2) is 0 Å². The molecule has 1 aromatic rings. The molecule has 0 spiro atoms. The second-order valence-electron chi connectivity index (χ2n) is 9.59. The Morgan fingerprint density at radius 3 is 2.55 bits per heavy atom. The third-order valence-electron chi connectivity index (χ3n) is 6.92. The third kappa shape index (κ3) is 5.35. The molecule has 33 heavy (non-hydrogen) atoms. The zero-order chi connectivity index (χ0) is 23.4. The first-order valence-electron chi connectivity index (χ1n) is 12.2. The maximum atomic E-state index is 12.9. The lowest BCUT2D eigenvalue weighted by Gasteiger charge is -2.33. The van der Waals surface area contributed by atoms with Crippen molar-refractivity contribution in [2.45, 2.75) is 83.1 Å². The Labute approximate surface area is 201 Å². The van der Waals surface area contributed by atoms with Crippen molar-refractivity contribution in [3.63, 3.8) is 0 Å². The number of carbonyl (C=O) groups is 2. The molecule has 1 heterocycles. The van der Waals surface area contributed by atoms with Crippen LogP contribution in [0.25, 0.3) is 0 Å². The highest BCUT2D eigenvalue weighted by atomic mass is 32.2. The van der Waals surface area contributed by atoms with Gasteiger partial charge in [0.05, 0.1) is 28.3 Å². The number of allylic oxidation sites excluding steroid dienone is 3. The predicted molar refractivity (Wildman–Crippen MR) is 132 cm³/mol. The first kappa shape index (κ1) is 23.6. The number of ketones is 1. The summed E-state index contributed by atoms with van der Waals surface area (Å²) >= 11 is 1.38. The van der Waals surface area contributed by atoms with E-state index in [9.17, 15) is 14.9 Å². The second kappa shape index (κ2) is 10.6. The van der Waals surface area contributed by atoms with E-state index in [1.807, 2.05) is 12.1 Å². The number of nitrogens with zero attached hydrogens (tertiary/aromatic N) is 1. The Kier molecular flexibility index (Phi) is 7.60. The fourth-order valence-electron chi connectivity index (χ4n) is 5.10. The zero-order valence-electron chi connectivity index (χ0n) is 19.6. The van der Waals surface area contributed by atoms with Gasteiger partial charge in [-0.3, -0.25) is 9.59 Å². The lowest BCUT2D eigenvalue weighted by Crippen LogP contribution is -2.37. The van der Waals surface area contributed by atoms with E-state index in [-0.39, 0.29) is 29.4 Å². The highest BCUT2D eigenvalue weighted by molar-refractivity contribution is 8.03. The number of thioether (sulfide) groups is 1. The molecule has 1 amide bonds. The van der Waals surface area contributed by atoms with E-state index >= 15 is 0 Å². The van der Waals surface area contributed by atoms with E-state index < -0.39 is 0 Å². The minimum Gasteiger partial charge on any atom is -0.353 e. The maximum Gasteiger partial charge on any atom is 0.230 e. The Morgan fingerprint density at radius 2 is 1.88 bits per heavy atom. The number of nitriles is 1. The summed E-state index contributed by atoms with van der Waals surface area (Å²) < 4.78 is 0. The summed E-state index contributed by atoms with van der Waals surface area (Å²) in [7, 11) is 0. The minimum absolute atomic E-state index is 0.0100. The Hall–Kier alpha value is -2.52. The van der Waals surface area contributed by atoms with Crippen molar-refractivity contribution in [2.24, 2.45) is 0 Å². The first-order chi connectivity index (χ1) is 16.0. The van der Waals surface area contributed by atoms with Crippen LogP contribution in [0.4, 0.5) is 0 Å². The number of nitrogens with one attached hydrogen (secondary N) is 2. The van der Waals surface area contributed by atoms with Crippen LogP contribution in [0.15, 0.2) is 46.1 Å². The predicted octanol–water partition coefficient (Wildman–Crippen LogP) is 5.42. The largest absolute Gasteiger partial charge is 0.353 e. The lowest BCUT2D eigenvalue weighted by molar-refractivity contribution is -0.119. The summed E-state index contributed by atoms with van der Waals surface area (Å²) in [5.74, 6) is 0.436. The first-order valence-corrected chi connectivity index (χ1v) is 13.2. The van der Waals surface area contributed by atoms with Crippen LogP contribution in [0.5, 0.6) is 0 Å². The van der Waals surface area contributed by atoms with Crippen LogP contribution in [0.1, 0.15) is 88.2 Å². The smallest absolute Gasteiger partial charge is 0.230 e. The number of Topliss-reactive ketones (excluding diaryl/α,β-unsaturated/α-hetero) is 1. The quantitative estimate of drug-likeness (QED) is 0.589. The van der Waals surface area contributed by atoms with Gasteiger partial charge in [-0.1, -0.05) is 69.1 Å². The van der Waals surface area contributed by atoms with Gasteiger partial charge in [0.25, 0.3) is 0 Å². The van der Waals surface area contributed by atoms with Crippen molar-refractivity contribution in [2.75, 3.05) is 5.75 Å². The molecule has 6 heteroatoms. The standard InChI is InChI=1S/C27H33N3O2S/c1-17(2)18-11-13-19(14-12-18)25-21(15-28)27(30-22-9-6-10-23(31)26(22)25)33-16-24(32)29-20-7-4-3-5-8-20/h11-14,17,20,25,30H,3-10,16H2,1-2H3,(H,29,32)/t25-/m0/s1. The number of rotatable bonds is 6. The molecule has 1 saturated carbocycles. The molecule has 0 aromatic heterocycles. The van der Waals surface area contributed by atoms with Crippen molar-refractivity contribution in [1.82, 2.24) is 10.6 Å². The van der Waals surface area contributed by atoms with Crippen LogP contribution in [-0.2, 0) is 9.59 Å². The average Bonchev–Trinajstić information content (AvgIpc) is 2.82. The van der Waals surface area contributed by atoms with Crippen LogP contribution < -0.4 is 10.6 Å². The molecular weight excluding hydrogens is 430 g/mol. The number of carbonyl (C=O) groups excluding carboxylic acids is 2. The third-order valence-corrected chi connectivity index (χ3v) is 7.93. The molecule has 0 saturated heterocycles. The van der Waals surface area contributed by atoms with Gasteiger partial charge in [0, 0.05) is 23.7 Å². The van der Waals surface area contributed by atoms with Gasteiger partial charge >= 0.3 is 0 Å². The molecule has 2 N–H and O–H groups in total. The topological polar surface area (TPSA) is 82.0 Å². The van der Waals surface area contributed by atoms with Crippen molar-refractivity contribution >= 4 is 23.5 Å². The second-order valence-corrected chi connectivity index (χ2v) is 10.6. The highest BCUT2D eigenvalue weighted by Crippen LogP contribution is 2.44. The average molecular weight is 464 g/mol.